The van der Waals surface area contributed by atoms with Gasteiger partial charge in [-0.25, -0.2) is 4.98 Å². The minimum absolute atomic E-state index is 0.228. The van der Waals surface area contributed by atoms with Gasteiger partial charge in [-0.3, -0.25) is 9.59 Å². The van der Waals surface area contributed by atoms with Gasteiger partial charge in [-0.1, -0.05) is 12.8 Å². The maximum atomic E-state index is 12.7. The van der Waals surface area contributed by atoms with Gasteiger partial charge in [0.2, 0.25) is 0 Å². The maximum absolute atomic E-state index is 12.7. The number of carbonyl (C=O) groups excluding carboxylic acids is 2. The van der Waals surface area contributed by atoms with Gasteiger partial charge in [0, 0.05) is 12.6 Å². The van der Waals surface area contributed by atoms with Crippen LogP contribution in [0.4, 0.5) is 11.5 Å². The van der Waals surface area contributed by atoms with E-state index < -0.39 is 11.8 Å². The highest BCUT2D eigenvalue weighted by molar-refractivity contribution is 6.39. The number of aryl methyl sites for hydroxylation is 1. The van der Waals surface area contributed by atoms with Crippen LogP contribution in [0.5, 0.6) is 0 Å². The van der Waals surface area contributed by atoms with Gasteiger partial charge in [0.15, 0.2) is 0 Å². The summed E-state index contributed by atoms with van der Waals surface area (Å²) in [6, 6.07) is 1.96. The van der Waals surface area contributed by atoms with Gasteiger partial charge in [0.25, 0.3) is 0 Å². The number of carbonyl (C=O) groups is 2. The summed E-state index contributed by atoms with van der Waals surface area (Å²) in [5.74, 6) is -0.00825. The van der Waals surface area contributed by atoms with Crippen molar-refractivity contribution in [3.8, 4) is 0 Å². The Morgan fingerprint density at radius 1 is 1.21 bits per heavy atom. The number of hydrogen-bond acceptors (Lipinski definition) is 4. The van der Waals surface area contributed by atoms with E-state index in [-0.39, 0.29) is 6.04 Å². The molecule has 3 rings (SSSR count). The van der Waals surface area contributed by atoms with E-state index in [0.29, 0.717) is 24.0 Å². The van der Waals surface area contributed by atoms with Crippen LogP contribution in [0, 0.1) is 12.8 Å². The van der Waals surface area contributed by atoms with Crippen LogP contribution in [-0.2, 0) is 9.59 Å². The smallest absolute Gasteiger partial charge is 0.313 e. The van der Waals surface area contributed by atoms with Gasteiger partial charge in [-0.15, -0.1) is 0 Å². The zero-order chi connectivity index (χ0) is 17.1. The molecule has 2 fully saturated rings. The van der Waals surface area contributed by atoms with Crippen molar-refractivity contribution in [2.24, 2.45) is 5.92 Å². The van der Waals surface area contributed by atoms with Crippen LogP contribution >= 0.6 is 0 Å². The summed E-state index contributed by atoms with van der Waals surface area (Å²) in [4.78, 5) is 30.9. The van der Waals surface area contributed by atoms with E-state index in [4.69, 9.17) is 5.73 Å². The summed E-state index contributed by atoms with van der Waals surface area (Å²) in [6.45, 7) is 2.51. The lowest BCUT2D eigenvalue weighted by molar-refractivity contribution is -0.146. The predicted octanol–water partition coefficient (Wildman–Crippen LogP) is 2.48. The Morgan fingerprint density at radius 2 is 1.92 bits per heavy atom. The van der Waals surface area contributed by atoms with Crippen molar-refractivity contribution in [2.75, 3.05) is 17.6 Å². The second-order valence-corrected chi connectivity index (χ2v) is 6.99. The van der Waals surface area contributed by atoms with E-state index in [1.54, 1.807) is 6.07 Å². The summed E-state index contributed by atoms with van der Waals surface area (Å²) in [6.07, 6.45) is 9.47. The van der Waals surface area contributed by atoms with Crippen LogP contribution in [0.15, 0.2) is 12.3 Å². The average Bonchev–Trinajstić information content (AvgIpc) is 3.12. The van der Waals surface area contributed by atoms with Crippen LogP contribution in [0.1, 0.15) is 50.5 Å². The van der Waals surface area contributed by atoms with Crippen molar-refractivity contribution in [1.29, 1.82) is 0 Å². The molecule has 1 saturated carbocycles. The largest absolute Gasteiger partial charge is 0.383 e. The van der Waals surface area contributed by atoms with E-state index >= 15 is 0 Å². The summed E-state index contributed by atoms with van der Waals surface area (Å²) < 4.78 is 0. The SMILES string of the molecule is Cc1cc(NC(=O)C(=O)N2CCCC[C@@H]2C2CCCC2)cnc1N. The first-order valence-corrected chi connectivity index (χ1v) is 8.90. The first-order chi connectivity index (χ1) is 11.6. The molecule has 0 bridgehead atoms. The molecule has 1 aliphatic heterocycles. The number of rotatable bonds is 2. The van der Waals surface area contributed by atoms with Gasteiger partial charge < -0.3 is 16.0 Å². The average molecular weight is 330 g/mol. The number of amides is 2. The van der Waals surface area contributed by atoms with Crippen molar-refractivity contribution >= 4 is 23.3 Å². The normalized spacial score (nSPS) is 21.7. The molecule has 2 amide bonds. The summed E-state index contributed by atoms with van der Waals surface area (Å²) >= 11 is 0. The van der Waals surface area contributed by atoms with Gasteiger partial charge >= 0.3 is 11.8 Å². The first-order valence-electron chi connectivity index (χ1n) is 8.90. The Balaban J connectivity index is 1.68. The van der Waals surface area contributed by atoms with Gasteiger partial charge in [-0.05, 0) is 56.6 Å². The molecule has 1 aromatic rings. The third kappa shape index (κ3) is 3.52. The third-order valence-corrected chi connectivity index (χ3v) is 5.32. The molecule has 1 saturated heterocycles. The molecule has 0 aromatic carbocycles. The molecule has 0 unspecified atom stereocenters. The molecule has 2 heterocycles. The summed E-state index contributed by atoms with van der Waals surface area (Å²) in [7, 11) is 0. The Hall–Kier alpha value is -2.11. The van der Waals surface area contributed by atoms with Gasteiger partial charge in [-0.2, -0.15) is 0 Å². The molecule has 1 aromatic heterocycles. The lowest BCUT2D eigenvalue weighted by Crippen LogP contribution is -2.50. The predicted molar refractivity (Wildman–Crippen MR) is 93.3 cm³/mol. The summed E-state index contributed by atoms with van der Waals surface area (Å²) in [5.41, 5.74) is 6.97. The van der Waals surface area contributed by atoms with Crippen molar-refractivity contribution in [3.63, 3.8) is 0 Å². The number of nitrogens with zero attached hydrogens (tertiary/aromatic N) is 2. The van der Waals surface area contributed by atoms with E-state index in [1.807, 2.05) is 11.8 Å². The van der Waals surface area contributed by atoms with Crippen LogP contribution < -0.4 is 11.1 Å². The van der Waals surface area contributed by atoms with E-state index in [9.17, 15) is 9.59 Å². The first kappa shape index (κ1) is 16.7. The van der Waals surface area contributed by atoms with Crippen molar-refractivity contribution in [1.82, 2.24) is 9.88 Å². The van der Waals surface area contributed by atoms with Crippen LogP contribution in [-0.4, -0.2) is 34.3 Å². The molecule has 0 radical (unpaired) electrons. The van der Waals surface area contributed by atoms with Gasteiger partial charge in [0.05, 0.1) is 11.9 Å². The van der Waals surface area contributed by atoms with E-state index in [0.717, 1.165) is 24.8 Å². The lowest BCUT2D eigenvalue weighted by Gasteiger charge is -2.38. The number of nitrogens with two attached hydrogens (primary N) is 1. The molecule has 24 heavy (non-hydrogen) atoms. The van der Waals surface area contributed by atoms with Crippen LogP contribution in [0.25, 0.3) is 0 Å². The highest BCUT2D eigenvalue weighted by Gasteiger charge is 2.36. The number of piperidine rings is 1. The van der Waals surface area contributed by atoms with E-state index in [1.165, 1.54) is 31.9 Å². The molecule has 2 aliphatic rings. The van der Waals surface area contributed by atoms with Crippen molar-refractivity contribution in [3.05, 3.63) is 17.8 Å². The lowest BCUT2D eigenvalue weighted by atomic mass is 9.89. The third-order valence-electron chi connectivity index (χ3n) is 5.32. The second-order valence-electron chi connectivity index (χ2n) is 6.99. The second kappa shape index (κ2) is 7.20. The molecular formula is C18H26N4O2. The van der Waals surface area contributed by atoms with Crippen LogP contribution in [0.3, 0.4) is 0 Å². The molecule has 1 aliphatic carbocycles. The molecule has 130 valence electrons. The fraction of sp³-hybridized carbons (Fsp3) is 0.611. The molecule has 3 N–H and O–H groups in total. The van der Waals surface area contributed by atoms with Crippen molar-refractivity contribution < 1.29 is 9.59 Å². The monoisotopic (exact) mass is 330 g/mol. The van der Waals surface area contributed by atoms with Crippen LogP contribution in [0.2, 0.25) is 0 Å². The molecular weight excluding hydrogens is 304 g/mol. The molecule has 0 spiro atoms. The number of nitrogens with one attached hydrogen (secondary N) is 1. The highest BCUT2D eigenvalue weighted by atomic mass is 16.2. The Morgan fingerprint density at radius 3 is 2.62 bits per heavy atom. The zero-order valence-corrected chi connectivity index (χ0v) is 14.3. The number of likely N-dealkylation sites (tertiary alicyclic amines) is 1. The molecule has 6 nitrogen and oxygen atoms in total. The zero-order valence-electron chi connectivity index (χ0n) is 14.3. The number of hydrogen-bond donors (Lipinski definition) is 2. The quantitative estimate of drug-likeness (QED) is 0.815. The number of nitrogen functional groups attached to an aromatic ring is 1. The Bertz CT molecular complexity index is 625. The standard InChI is InChI=1S/C18H26N4O2/c1-12-10-14(11-20-16(12)19)21-17(23)18(24)22-9-5-4-8-15(22)13-6-2-3-7-13/h10-11,13,15H,2-9H2,1H3,(H2,19,20)(H,21,23)/t15-/m1/s1. The summed E-state index contributed by atoms with van der Waals surface area (Å²) in [5, 5.41) is 2.67. The van der Waals surface area contributed by atoms with Crippen molar-refractivity contribution in [2.45, 2.75) is 57.9 Å². The number of anilines is 2. The fourth-order valence-corrected chi connectivity index (χ4v) is 4.01. The molecule has 1 atom stereocenters. The highest BCUT2D eigenvalue weighted by Crippen LogP contribution is 2.34. The Labute approximate surface area is 142 Å². The van der Waals surface area contributed by atoms with Gasteiger partial charge in [0.1, 0.15) is 5.82 Å². The topological polar surface area (TPSA) is 88.3 Å². The fourth-order valence-electron chi connectivity index (χ4n) is 4.01. The Kier molecular flexibility index (Phi) is 5.02. The minimum atomic E-state index is -0.578. The number of pyridine rings is 1. The molecule has 6 heteroatoms. The minimum Gasteiger partial charge on any atom is -0.383 e. The van der Waals surface area contributed by atoms with E-state index in [2.05, 4.69) is 10.3 Å². The number of aromatic nitrogens is 1. The maximum Gasteiger partial charge on any atom is 0.313 e.